The zero-order valence-corrected chi connectivity index (χ0v) is 23.8. The lowest BCUT2D eigenvalue weighted by Gasteiger charge is -2.51. The van der Waals surface area contributed by atoms with Gasteiger partial charge in [-0.3, -0.25) is 4.68 Å². The maximum absolute atomic E-state index is 12.1. The summed E-state index contributed by atoms with van der Waals surface area (Å²) < 4.78 is 27.2. The molecule has 1 aliphatic heterocycles. The molecule has 0 bridgehead atoms. The van der Waals surface area contributed by atoms with Gasteiger partial charge in [-0.2, -0.15) is 9.40 Å². The maximum Gasteiger partial charge on any atom is 0.211 e. The SMILES string of the molecule is CC(C)c1ccc(N2C[C@H](N(C)S(C)(=O)=O)[C@H]2C)c2cnc(Nc3ccnc(-c4cn(C)nc4Cl)n3)cc12. The molecule has 0 unspecified atom stereocenters. The van der Waals surface area contributed by atoms with Crippen molar-refractivity contribution in [2.75, 3.05) is 30.1 Å². The quantitative estimate of drug-likeness (QED) is 0.358. The molecule has 5 rings (SSSR count). The monoisotopic (exact) mass is 554 g/mol. The first kappa shape index (κ1) is 26.3. The second kappa shape index (κ2) is 9.79. The van der Waals surface area contributed by atoms with Crippen LogP contribution >= 0.6 is 11.6 Å². The molecule has 1 N–H and O–H groups in total. The van der Waals surface area contributed by atoms with Crippen LogP contribution in [0.15, 0.2) is 42.9 Å². The molecule has 0 radical (unpaired) electrons. The maximum atomic E-state index is 12.1. The summed E-state index contributed by atoms with van der Waals surface area (Å²) in [4.78, 5) is 15.9. The van der Waals surface area contributed by atoms with Crippen LogP contribution in [0.4, 0.5) is 17.3 Å². The molecule has 4 aromatic rings. The van der Waals surface area contributed by atoms with Crippen molar-refractivity contribution in [2.45, 2.75) is 38.8 Å². The number of likely N-dealkylation sites (N-methyl/N-ethyl adjacent to an activating group) is 1. The molecular formula is C26H31ClN8O2S. The van der Waals surface area contributed by atoms with E-state index in [1.165, 1.54) is 16.1 Å². The van der Waals surface area contributed by atoms with Gasteiger partial charge in [-0.25, -0.2) is 23.4 Å². The van der Waals surface area contributed by atoms with Gasteiger partial charge in [-0.1, -0.05) is 31.5 Å². The molecule has 1 aliphatic rings. The number of nitrogens with zero attached hydrogens (tertiary/aromatic N) is 7. The van der Waals surface area contributed by atoms with E-state index < -0.39 is 10.0 Å². The number of hydrogen-bond acceptors (Lipinski definition) is 8. The number of aryl methyl sites for hydroxylation is 1. The summed E-state index contributed by atoms with van der Waals surface area (Å²) in [6.07, 6.45) is 6.57. The average molecular weight is 555 g/mol. The van der Waals surface area contributed by atoms with Gasteiger partial charge in [-0.15, -0.1) is 0 Å². The van der Waals surface area contributed by atoms with Crippen LogP contribution < -0.4 is 10.2 Å². The lowest BCUT2D eigenvalue weighted by atomic mass is 9.92. The number of aromatic nitrogens is 5. The first-order valence-corrected chi connectivity index (χ1v) is 14.6. The van der Waals surface area contributed by atoms with Gasteiger partial charge >= 0.3 is 0 Å². The summed E-state index contributed by atoms with van der Waals surface area (Å²) in [5, 5.41) is 9.92. The molecule has 200 valence electrons. The zero-order chi connectivity index (χ0) is 27.4. The van der Waals surface area contributed by atoms with Crippen molar-refractivity contribution in [1.82, 2.24) is 29.0 Å². The fraction of sp³-hybridized carbons (Fsp3) is 0.385. The van der Waals surface area contributed by atoms with Crippen molar-refractivity contribution in [3.8, 4) is 11.4 Å². The second-order valence-corrected chi connectivity index (χ2v) is 12.5. The molecule has 38 heavy (non-hydrogen) atoms. The van der Waals surface area contributed by atoms with Gasteiger partial charge in [0.05, 0.1) is 17.9 Å². The van der Waals surface area contributed by atoms with Gasteiger partial charge in [-0.05, 0) is 42.0 Å². The molecule has 0 spiro atoms. The highest BCUT2D eigenvalue weighted by atomic mass is 35.5. The molecule has 0 saturated carbocycles. The molecule has 1 fully saturated rings. The molecule has 0 aliphatic carbocycles. The Kier molecular flexibility index (Phi) is 6.79. The third kappa shape index (κ3) is 4.81. The summed E-state index contributed by atoms with van der Waals surface area (Å²) in [6.45, 7) is 7.02. The number of pyridine rings is 1. The van der Waals surface area contributed by atoms with E-state index in [2.05, 4.69) is 58.2 Å². The van der Waals surface area contributed by atoms with Crippen molar-refractivity contribution in [1.29, 1.82) is 0 Å². The predicted octanol–water partition coefficient (Wildman–Crippen LogP) is 4.41. The van der Waals surface area contributed by atoms with E-state index in [0.717, 1.165) is 16.5 Å². The molecule has 1 saturated heterocycles. The summed E-state index contributed by atoms with van der Waals surface area (Å²) >= 11 is 6.24. The Hall–Kier alpha value is -3.28. The van der Waals surface area contributed by atoms with E-state index in [-0.39, 0.29) is 12.1 Å². The van der Waals surface area contributed by atoms with E-state index in [4.69, 9.17) is 16.6 Å². The molecule has 2 atom stereocenters. The minimum absolute atomic E-state index is 0.0411. The van der Waals surface area contributed by atoms with Crippen molar-refractivity contribution in [3.05, 3.63) is 53.6 Å². The van der Waals surface area contributed by atoms with Gasteiger partial charge in [0.15, 0.2) is 11.0 Å². The smallest absolute Gasteiger partial charge is 0.211 e. The Morgan fingerprint density at radius 3 is 2.55 bits per heavy atom. The normalized spacial score (nSPS) is 17.9. The summed E-state index contributed by atoms with van der Waals surface area (Å²) in [5.41, 5.74) is 2.90. The Morgan fingerprint density at radius 1 is 1.16 bits per heavy atom. The fourth-order valence-corrected chi connectivity index (χ4v) is 5.93. The van der Waals surface area contributed by atoms with Crippen molar-refractivity contribution < 1.29 is 8.42 Å². The van der Waals surface area contributed by atoms with Gasteiger partial charge in [0, 0.05) is 56.3 Å². The Bertz CT molecular complexity index is 1620. The minimum Gasteiger partial charge on any atom is -0.365 e. The molecule has 0 amide bonds. The van der Waals surface area contributed by atoms with Crippen molar-refractivity contribution >= 4 is 49.7 Å². The fourth-order valence-electron chi connectivity index (χ4n) is 4.94. The van der Waals surface area contributed by atoms with E-state index >= 15 is 0 Å². The second-order valence-electron chi connectivity index (χ2n) is 10.1. The van der Waals surface area contributed by atoms with Crippen molar-refractivity contribution in [2.24, 2.45) is 7.05 Å². The molecule has 4 heterocycles. The minimum atomic E-state index is -3.26. The summed E-state index contributed by atoms with van der Waals surface area (Å²) in [6, 6.07) is 8.06. The lowest BCUT2D eigenvalue weighted by molar-refractivity contribution is 0.251. The number of halogens is 1. The van der Waals surface area contributed by atoms with E-state index in [1.54, 1.807) is 37.2 Å². The number of sulfonamides is 1. The van der Waals surface area contributed by atoms with Crippen LogP contribution in [0.25, 0.3) is 22.2 Å². The van der Waals surface area contributed by atoms with Crippen LogP contribution in [0, 0.1) is 0 Å². The Balaban J connectivity index is 1.47. The Morgan fingerprint density at radius 2 is 1.92 bits per heavy atom. The topological polar surface area (TPSA) is 109 Å². The van der Waals surface area contributed by atoms with E-state index in [0.29, 0.717) is 40.6 Å². The molecular weight excluding hydrogens is 524 g/mol. The number of anilines is 3. The highest BCUT2D eigenvalue weighted by Crippen LogP contribution is 2.39. The van der Waals surface area contributed by atoms with Gasteiger partial charge in [0.1, 0.15) is 11.6 Å². The summed E-state index contributed by atoms with van der Waals surface area (Å²) in [7, 11) is 0.185. The van der Waals surface area contributed by atoms with Crippen LogP contribution in [0.1, 0.15) is 32.3 Å². The van der Waals surface area contributed by atoms with Gasteiger partial charge in [0.2, 0.25) is 10.0 Å². The number of fused-ring (bicyclic) bond motifs is 1. The van der Waals surface area contributed by atoms with Crippen LogP contribution in [-0.4, -0.2) is 69.4 Å². The Labute approximate surface area is 227 Å². The first-order valence-electron chi connectivity index (χ1n) is 12.4. The van der Waals surface area contributed by atoms with Crippen molar-refractivity contribution in [3.63, 3.8) is 0 Å². The number of rotatable bonds is 7. The van der Waals surface area contributed by atoms with Gasteiger partial charge in [0.25, 0.3) is 0 Å². The summed E-state index contributed by atoms with van der Waals surface area (Å²) in [5.74, 6) is 2.02. The van der Waals surface area contributed by atoms with Crippen LogP contribution in [0.2, 0.25) is 5.15 Å². The standard InChI is InChI=1S/C26H31ClN8O2S/c1-15(2)17-7-8-21(35-14-22(16(35)3)34(5)38(6,36)37)19-12-29-24(11-18(17)19)30-23-9-10-28-26(31-23)20-13-33(4)32-25(20)27/h7-13,15-16,22H,14H2,1-6H3,(H,28,29,30,31)/t16-,22+/m1/s1. The molecule has 10 nitrogen and oxygen atoms in total. The predicted molar refractivity (Wildman–Crippen MR) is 152 cm³/mol. The molecule has 3 aromatic heterocycles. The first-order chi connectivity index (χ1) is 17.9. The third-order valence-corrected chi connectivity index (χ3v) is 8.80. The largest absolute Gasteiger partial charge is 0.365 e. The van der Waals surface area contributed by atoms with Crippen LogP contribution in [0.5, 0.6) is 0 Å². The zero-order valence-electron chi connectivity index (χ0n) is 22.2. The average Bonchev–Trinajstić information content (AvgIpc) is 3.20. The lowest BCUT2D eigenvalue weighted by Crippen LogP contribution is -2.65. The van der Waals surface area contributed by atoms with Crippen LogP contribution in [0.3, 0.4) is 0 Å². The number of hydrogen-bond donors (Lipinski definition) is 1. The highest BCUT2D eigenvalue weighted by molar-refractivity contribution is 7.88. The molecule has 12 heteroatoms. The number of nitrogens with one attached hydrogen (secondary N) is 1. The van der Waals surface area contributed by atoms with Gasteiger partial charge < -0.3 is 10.2 Å². The number of benzene rings is 1. The van der Waals surface area contributed by atoms with Crippen LogP contribution in [-0.2, 0) is 17.1 Å². The van der Waals surface area contributed by atoms with E-state index in [1.807, 2.05) is 12.3 Å². The molecule has 1 aromatic carbocycles. The third-order valence-electron chi connectivity index (χ3n) is 7.20. The highest BCUT2D eigenvalue weighted by Gasteiger charge is 2.41. The van der Waals surface area contributed by atoms with E-state index in [9.17, 15) is 8.42 Å².